The van der Waals surface area contributed by atoms with E-state index in [4.69, 9.17) is 28.2 Å². The van der Waals surface area contributed by atoms with Crippen LogP contribution in [0.5, 0.6) is 0 Å². The second kappa shape index (κ2) is 18.6. The van der Waals surface area contributed by atoms with Gasteiger partial charge in [0.25, 0.3) is 5.91 Å². The lowest BCUT2D eigenvalue weighted by atomic mass is 10.00. The summed E-state index contributed by atoms with van der Waals surface area (Å²) in [5, 5.41) is 23.5. The topological polar surface area (TPSA) is 252 Å². The van der Waals surface area contributed by atoms with Crippen LogP contribution >= 0.6 is 11.6 Å². The SMILES string of the molecule is NC(=O)NCCC[C@H](NC(=O)[C@H](Cc1ccc2ccccc2c1)NC(=O)c1ccccc1NC(=O)[C@H](CCC(=O)O)NC(=O)CCl)C(N)=O. The van der Waals surface area contributed by atoms with E-state index in [-0.39, 0.29) is 43.5 Å². The quantitative estimate of drug-likeness (QED) is 0.0705. The number of carbonyl (C=O) groups excluding carboxylic acids is 6. The number of para-hydroxylation sites is 1. The van der Waals surface area contributed by atoms with E-state index in [1.165, 1.54) is 18.2 Å². The molecular weight excluding hydrogens is 658 g/mol. The van der Waals surface area contributed by atoms with Gasteiger partial charge >= 0.3 is 12.0 Å². The zero-order valence-electron chi connectivity index (χ0n) is 26.4. The number of aliphatic carboxylic acids is 1. The average Bonchev–Trinajstić information content (AvgIpc) is 3.07. The van der Waals surface area contributed by atoms with E-state index in [1.54, 1.807) is 12.1 Å². The van der Waals surface area contributed by atoms with Gasteiger partial charge in [0.2, 0.25) is 23.6 Å². The van der Waals surface area contributed by atoms with Crippen LogP contribution in [0.2, 0.25) is 0 Å². The molecule has 0 spiro atoms. The highest BCUT2D eigenvalue weighted by Gasteiger charge is 2.28. The molecule has 0 fully saturated rings. The largest absolute Gasteiger partial charge is 0.481 e. The lowest BCUT2D eigenvalue weighted by Gasteiger charge is -2.23. The number of carboxylic acid groups (broad SMARTS) is 1. The van der Waals surface area contributed by atoms with Crippen molar-refractivity contribution in [2.75, 3.05) is 17.7 Å². The fraction of sp³-hybridized carbons (Fsp3) is 0.303. The second-order valence-electron chi connectivity index (χ2n) is 11.0. The van der Waals surface area contributed by atoms with Gasteiger partial charge in [-0.05, 0) is 47.7 Å². The Hall–Kier alpha value is -5.70. The number of amides is 7. The lowest BCUT2D eigenvalue weighted by molar-refractivity contribution is -0.137. The van der Waals surface area contributed by atoms with E-state index in [1.807, 2.05) is 36.4 Å². The van der Waals surface area contributed by atoms with E-state index in [0.717, 1.165) is 10.8 Å². The Morgan fingerprint density at radius 1 is 0.755 bits per heavy atom. The van der Waals surface area contributed by atoms with Crippen LogP contribution in [-0.4, -0.2) is 77.2 Å². The summed E-state index contributed by atoms with van der Waals surface area (Å²) in [6.07, 6.45) is -0.317. The molecule has 10 N–H and O–H groups in total. The zero-order chi connectivity index (χ0) is 35.9. The lowest BCUT2D eigenvalue weighted by Crippen LogP contribution is -2.54. The molecule has 0 aliphatic rings. The first-order valence-corrected chi connectivity index (χ1v) is 15.8. The van der Waals surface area contributed by atoms with Gasteiger partial charge in [-0.1, -0.05) is 54.6 Å². The van der Waals surface area contributed by atoms with E-state index in [2.05, 4.69) is 26.6 Å². The smallest absolute Gasteiger partial charge is 0.312 e. The first-order valence-electron chi connectivity index (χ1n) is 15.3. The number of urea groups is 1. The number of primary amides is 2. The monoisotopic (exact) mass is 695 g/mol. The van der Waals surface area contributed by atoms with E-state index in [0.29, 0.717) is 5.56 Å². The van der Waals surface area contributed by atoms with Crippen molar-refractivity contribution in [2.24, 2.45) is 11.5 Å². The summed E-state index contributed by atoms with van der Waals surface area (Å²) in [6, 6.07) is 14.6. The summed E-state index contributed by atoms with van der Waals surface area (Å²) in [4.78, 5) is 86.7. The molecule has 49 heavy (non-hydrogen) atoms. The van der Waals surface area contributed by atoms with Crippen LogP contribution < -0.4 is 38.1 Å². The molecule has 0 radical (unpaired) electrons. The van der Waals surface area contributed by atoms with Gasteiger partial charge in [0, 0.05) is 19.4 Å². The highest BCUT2D eigenvalue weighted by atomic mass is 35.5. The maximum atomic E-state index is 13.7. The first-order chi connectivity index (χ1) is 23.4. The Morgan fingerprint density at radius 2 is 1.45 bits per heavy atom. The number of nitrogens with two attached hydrogens (primary N) is 2. The molecular formula is C33H38ClN7O8. The summed E-state index contributed by atoms with van der Waals surface area (Å²) in [6.45, 7) is 0.140. The molecule has 0 heterocycles. The summed E-state index contributed by atoms with van der Waals surface area (Å²) < 4.78 is 0. The number of halogens is 1. The zero-order valence-corrected chi connectivity index (χ0v) is 27.1. The fourth-order valence-corrected chi connectivity index (χ4v) is 4.98. The molecule has 0 aliphatic heterocycles. The highest BCUT2D eigenvalue weighted by Crippen LogP contribution is 2.19. The number of benzene rings is 3. The Morgan fingerprint density at radius 3 is 2.12 bits per heavy atom. The van der Waals surface area contributed by atoms with Crippen molar-refractivity contribution in [3.8, 4) is 0 Å². The molecule has 0 saturated carbocycles. The molecule has 16 heteroatoms. The highest BCUT2D eigenvalue weighted by molar-refractivity contribution is 6.27. The number of alkyl halides is 1. The normalized spacial score (nSPS) is 12.5. The summed E-state index contributed by atoms with van der Waals surface area (Å²) >= 11 is 5.55. The van der Waals surface area contributed by atoms with Crippen LogP contribution in [0.25, 0.3) is 10.8 Å². The molecule has 7 amide bonds. The van der Waals surface area contributed by atoms with Gasteiger partial charge in [0.05, 0.1) is 11.3 Å². The molecule has 0 bridgehead atoms. The van der Waals surface area contributed by atoms with Gasteiger partial charge in [0.15, 0.2) is 0 Å². The van der Waals surface area contributed by atoms with Crippen molar-refractivity contribution in [2.45, 2.75) is 50.2 Å². The number of hydrogen-bond donors (Lipinski definition) is 8. The Bertz CT molecular complexity index is 1700. The number of hydrogen-bond acceptors (Lipinski definition) is 7. The number of nitrogens with one attached hydrogen (secondary N) is 5. The molecule has 15 nitrogen and oxygen atoms in total. The predicted molar refractivity (Wildman–Crippen MR) is 181 cm³/mol. The van der Waals surface area contributed by atoms with Crippen molar-refractivity contribution in [1.82, 2.24) is 21.3 Å². The Labute approximate surface area is 286 Å². The molecule has 0 saturated heterocycles. The third-order valence-corrected chi connectivity index (χ3v) is 7.60. The summed E-state index contributed by atoms with van der Waals surface area (Å²) in [5.41, 5.74) is 11.3. The number of anilines is 1. The third-order valence-electron chi connectivity index (χ3n) is 7.35. The standard InChI is InChI=1S/C33H38ClN7O8/c34-18-27(42)38-25(13-14-28(43)44)31(47)39-23-9-4-3-8-22(23)30(46)41-26(17-19-11-12-20-6-1-2-7-21(20)16-19)32(48)40-24(29(35)45)10-5-15-37-33(36)49/h1-4,6-9,11-12,16,24-26H,5,10,13-15,17-18H2,(H2,35,45)(H,38,42)(H,39,47)(H,40,48)(H,41,46)(H,43,44)(H3,36,37,49)/t24-,25-,26-/m0/s1. The minimum Gasteiger partial charge on any atom is -0.481 e. The molecule has 3 atom stereocenters. The van der Waals surface area contributed by atoms with Crippen molar-refractivity contribution >= 4 is 69.6 Å². The van der Waals surface area contributed by atoms with Crippen molar-refractivity contribution < 1.29 is 38.7 Å². The van der Waals surface area contributed by atoms with Gasteiger partial charge in [-0.25, -0.2) is 4.79 Å². The van der Waals surface area contributed by atoms with Gasteiger partial charge in [-0.15, -0.1) is 11.6 Å². The van der Waals surface area contributed by atoms with Crippen LogP contribution in [0.4, 0.5) is 10.5 Å². The minimum absolute atomic E-state index is 0.00731. The van der Waals surface area contributed by atoms with Crippen LogP contribution in [0.15, 0.2) is 66.7 Å². The number of carboxylic acids is 1. The summed E-state index contributed by atoms with van der Waals surface area (Å²) in [7, 11) is 0. The van der Waals surface area contributed by atoms with Crippen LogP contribution in [0.3, 0.4) is 0 Å². The molecule has 260 valence electrons. The van der Waals surface area contributed by atoms with Crippen molar-refractivity contribution in [3.63, 3.8) is 0 Å². The first kappa shape index (κ1) is 37.8. The third kappa shape index (κ3) is 12.1. The van der Waals surface area contributed by atoms with Crippen LogP contribution in [-0.2, 0) is 30.4 Å². The number of fused-ring (bicyclic) bond motifs is 1. The minimum atomic E-state index is -1.27. The fourth-order valence-electron chi connectivity index (χ4n) is 4.90. The maximum Gasteiger partial charge on any atom is 0.312 e. The Kier molecular flexibility index (Phi) is 14.3. The summed E-state index contributed by atoms with van der Waals surface area (Å²) in [5.74, 6) is -5.43. The van der Waals surface area contributed by atoms with Crippen LogP contribution in [0, 0.1) is 0 Å². The molecule has 0 unspecified atom stereocenters. The van der Waals surface area contributed by atoms with E-state index in [9.17, 15) is 33.6 Å². The van der Waals surface area contributed by atoms with Gasteiger partial charge < -0.3 is 43.2 Å². The van der Waals surface area contributed by atoms with Crippen molar-refractivity contribution in [1.29, 1.82) is 0 Å². The van der Waals surface area contributed by atoms with E-state index < -0.39 is 72.0 Å². The van der Waals surface area contributed by atoms with Crippen molar-refractivity contribution in [3.05, 3.63) is 77.9 Å². The number of carbonyl (C=O) groups is 7. The maximum absolute atomic E-state index is 13.7. The van der Waals surface area contributed by atoms with Crippen LogP contribution in [0.1, 0.15) is 41.6 Å². The van der Waals surface area contributed by atoms with E-state index >= 15 is 0 Å². The van der Waals surface area contributed by atoms with Gasteiger partial charge in [-0.3, -0.25) is 28.8 Å². The second-order valence-corrected chi connectivity index (χ2v) is 11.3. The molecule has 3 rings (SSSR count). The number of rotatable bonds is 18. The molecule has 3 aromatic rings. The average molecular weight is 696 g/mol. The molecule has 3 aromatic carbocycles. The van der Waals surface area contributed by atoms with Gasteiger partial charge in [0.1, 0.15) is 24.0 Å². The van der Waals surface area contributed by atoms with Gasteiger partial charge in [-0.2, -0.15) is 0 Å². The Balaban J connectivity index is 1.87. The molecule has 0 aromatic heterocycles. The molecule has 0 aliphatic carbocycles. The predicted octanol–water partition coefficient (Wildman–Crippen LogP) is 1.13.